The summed E-state index contributed by atoms with van der Waals surface area (Å²) in [6.45, 7) is 2.98. The number of carbonyl (C=O) groups excluding carboxylic acids is 1. The van der Waals surface area contributed by atoms with Crippen LogP contribution in [-0.2, 0) is 6.42 Å². The second-order valence-electron chi connectivity index (χ2n) is 8.11. The molecule has 0 saturated carbocycles. The molecule has 1 saturated heterocycles. The van der Waals surface area contributed by atoms with Gasteiger partial charge >= 0.3 is 0 Å². The molecular weight excluding hydrogens is 377 g/mol. The van der Waals surface area contributed by atoms with Crippen molar-refractivity contribution in [3.8, 4) is 0 Å². The third-order valence-electron chi connectivity index (χ3n) is 6.02. The minimum absolute atomic E-state index is 0.142. The van der Waals surface area contributed by atoms with Gasteiger partial charge in [0.15, 0.2) is 0 Å². The minimum atomic E-state index is -0.396. The molecule has 1 fully saturated rings. The molecule has 1 aliphatic heterocycles. The largest absolute Gasteiger partial charge is 0.336 e. The molecule has 3 aromatic rings. The monoisotopic (exact) mass is 405 g/mol. The molecule has 156 valence electrons. The highest BCUT2D eigenvalue weighted by molar-refractivity contribution is 5.95. The first-order valence-corrected chi connectivity index (χ1v) is 10.7. The molecule has 0 bridgehead atoms. The minimum Gasteiger partial charge on any atom is -0.336 e. The van der Waals surface area contributed by atoms with Crippen LogP contribution < -0.4 is 0 Å². The molecule has 0 spiro atoms. The Kier molecular flexibility index (Phi) is 6.38. The molecule has 2 heterocycles. The Morgan fingerprint density at radius 2 is 1.97 bits per heavy atom. The van der Waals surface area contributed by atoms with Gasteiger partial charge in [0.05, 0.1) is 0 Å². The molecule has 5 heteroatoms. The van der Waals surface area contributed by atoms with Crippen molar-refractivity contribution in [1.82, 2.24) is 14.8 Å². The van der Waals surface area contributed by atoms with Gasteiger partial charge in [-0.15, -0.1) is 0 Å². The van der Waals surface area contributed by atoms with Crippen molar-refractivity contribution < 1.29 is 9.18 Å². The van der Waals surface area contributed by atoms with E-state index in [1.807, 2.05) is 13.1 Å². The maximum Gasteiger partial charge on any atom is 0.272 e. The quantitative estimate of drug-likeness (QED) is 0.604. The van der Waals surface area contributed by atoms with E-state index in [4.69, 9.17) is 0 Å². The van der Waals surface area contributed by atoms with Gasteiger partial charge in [-0.2, -0.15) is 0 Å². The first-order valence-electron chi connectivity index (χ1n) is 10.7. The van der Waals surface area contributed by atoms with Crippen molar-refractivity contribution >= 4 is 16.8 Å². The topological polar surface area (TPSA) is 36.4 Å². The van der Waals surface area contributed by atoms with Gasteiger partial charge in [-0.1, -0.05) is 48.5 Å². The van der Waals surface area contributed by atoms with Crippen molar-refractivity contribution in [1.29, 1.82) is 0 Å². The number of hydrogen-bond donors (Lipinski definition) is 0. The summed E-state index contributed by atoms with van der Waals surface area (Å²) < 4.78 is 14.1. The average molecular weight is 406 g/mol. The Labute approximate surface area is 177 Å². The molecule has 2 aromatic carbocycles. The number of hydrogen-bond acceptors (Lipinski definition) is 3. The van der Waals surface area contributed by atoms with E-state index in [2.05, 4.69) is 34.1 Å². The number of aromatic nitrogens is 1. The van der Waals surface area contributed by atoms with E-state index in [-0.39, 0.29) is 17.5 Å². The number of likely N-dealkylation sites (N-methyl/N-ethyl adjacent to an activating group) is 1. The van der Waals surface area contributed by atoms with Crippen LogP contribution in [0.3, 0.4) is 0 Å². The lowest BCUT2D eigenvalue weighted by Gasteiger charge is -2.37. The van der Waals surface area contributed by atoms with Gasteiger partial charge < -0.3 is 9.80 Å². The summed E-state index contributed by atoms with van der Waals surface area (Å²) in [5.41, 5.74) is 1.92. The Morgan fingerprint density at radius 3 is 2.80 bits per heavy atom. The summed E-state index contributed by atoms with van der Waals surface area (Å²) in [4.78, 5) is 21.6. The van der Waals surface area contributed by atoms with Gasteiger partial charge in [-0.05, 0) is 56.5 Å². The molecule has 4 rings (SSSR count). The summed E-state index contributed by atoms with van der Waals surface area (Å²) >= 11 is 0. The van der Waals surface area contributed by atoms with Gasteiger partial charge in [-0.25, -0.2) is 9.37 Å². The maximum atomic E-state index is 14.1. The number of para-hydroxylation sites is 1. The first kappa shape index (κ1) is 20.5. The standard InChI is InChI=1S/C25H28FN3O/c1-28(25(30)23-15-14-20-11-5-13-22(26)24(20)27-23)21-12-7-17-29(18-21)16-6-10-19-8-3-2-4-9-19/h2-5,8-9,11,13-15,21H,6-7,10,12,16-18H2,1H3/t21-/m1/s1. The smallest absolute Gasteiger partial charge is 0.272 e. The summed E-state index contributed by atoms with van der Waals surface area (Å²) in [6.07, 6.45) is 4.25. The van der Waals surface area contributed by atoms with E-state index in [0.29, 0.717) is 11.1 Å². The normalized spacial score (nSPS) is 17.2. The predicted molar refractivity (Wildman–Crippen MR) is 118 cm³/mol. The number of nitrogens with zero attached hydrogens (tertiary/aromatic N) is 3. The Morgan fingerprint density at radius 1 is 1.13 bits per heavy atom. The van der Waals surface area contributed by atoms with E-state index in [9.17, 15) is 9.18 Å². The highest BCUT2D eigenvalue weighted by Crippen LogP contribution is 2.20. The average Bonchev–Trinajstić information content (AvgIpc) is 2.79. The highest BCUT2D eigenvalue weighted by atomic mass is 19.1. The Hall–Kier alpha value is -2.79. The maximum absolute atomic E-state index is 14.1. The van der Waals surface area contributed by atoms with Crippen molar-refractivity contribution in [2.75, 3.05) is 26.7 Å². The van der Waals surface area contributed by atoms with Crippen LogP contribution in [-0.4, -0.2) is 53.4 Å². The van der Waals surface area contributed by atoms with Gasteiger partial charge in [0.2, 0.25) is 0 Å². The zero-order chi connectivity index (χ0) is 20.9. The second kappa shape index (κ2) is 9.35. The van der Waals surface area contributed by atoms with Gasteiger partial charge in [0, 0.05) is 25.0 Å². The lowest BCUT2D eigenvalue weighted by Crippen LogP contribution is -2.48. The third kappa shape index (κ3) is 4.68. The summed E-state index contributed by atoms with van der Waals surface area (Å²) in [5.74, 6) is -0.539. The van der Waals surface area contributed by atoms with Crippen LogP contribution in [0.15, 0.2) is 60.7 Å². The first-order chi connectivity index (χ1) is 14.6. The van der Waals surface area contributed by atoms with E-state index in [0.717, 1.165) is 45.3 Å². The number of likely N-dealkylation sites (tertiary alicyclic amines) is 1. The van der Waals surface area contributed by atoms with E-state index in [1.54, 1.807) is 29.2 Å². The summed E-state index contributed by atoms with van der Waals surface area (Å²) in [5, 5.41) is 0.705. The number of piperidine rings is 1. The van der Waals surface area contributed by atoms with Gasteiger partial charge in [-0.3, -0.25) is 4.79 Å². The van der Waals surface area contributed by atoms with Crippen molar-refractivity contribution in [3.05, 3.63) is 77.7 Å². The Bertz CT molecular complexity index is 1010. The fraction of sp³-hybridized carbons (Fsp3) is 0.360. The second-order valence-corrected chi connectivity index (χ2v) is 8.11. The molecule has 1 aliphatic rings. The van der Waals surface area contributed by atoms with Crippen LogP contribution in [0.5, 0.6) is 0 Å². The van der Waals surface area contributed by atoms with Crippen LogP contribution >= 0.6 is 0 Å². The zero-order valence-corrected chi connectivity index (χ0v) is 17.4. The molecule has 30 heavy (non-hydrogen) atoms. The van der Waals surface area contributed by atoms with Gasteiger partial charge in [0.1, 0.15) is 17.0 Å². The number of halogens is 1. The molecule has 1 atom stereocenters. The van der Waals surface area contributed by atoms with Crippen LogP contribution in [0.4, 0.5) is 4.39 Å². The molecule has 0 unspecified atom stereocenters. The lowest BCUT2D eigenvalue weighted by molar-refractivity contribution is 0.0611. The molecule has 0 radical (unpaired) electrons. The van der Waals surface area contributed by atoms with Crippen LogP contribution in [0.25, 0.3) is 10.9 Å². The van der Waals surface area contributed by atoms with Crippen molar-refractivity contribution in [2.45, 2.75) is 31.7 Å². The number of pyridine rings is 1. The van der Waals surface area contributed by atoms with Crippen molar-refractivity contribution in [3.63, 3.8) is 0 Å². The number of fused-ring (bicyclic) bond motifs is 1. The number of benzene rings is 2. The number of amides is 1. The van der Waals surface area contributed by atoms with E-state index in [1.165, 1.54) is 11.6 Å². The van der Waals surface area contributed by atoms with Crippen LogP contribution in [0.2, 0.25) is 0 Å². The summed E-state index contributed by atoms with van der Waals surface area (Å²) in [7, 11) is 1.84. The van der Waals surface area contributed by atoms with E-state index >= 15 is 0 Å². The number of carbonyl (C=O) groups is 1. The molecule has 0 N–H and O–H groups in total. The molecule has 1 amide bonds. The SMILES string of the molecule is CN(C(=O)c1ccc2cccc(F)c2n1)[C@@H]1CCCN(CCCc2ccccc2)C1. The van der Waals surface area contributed by atoms with Crippen molar-refractivity contribution in [2.24, 2.45) is 0 Å². The fourth-order valence-corrected chi connectivity index (χ4v) is 4.28. The Balaban J connectivity index is 1.37. The molecule has 1 aromatic heterocycles. The molecule has 0 aliphatic carbocycles. The number of rotatable bonds is 6. The lowest BCUT2D eigenvalue weighted by atomic mass is 10.0. The molecule has 4 nitrogen and oxygen atoms in total. The third-order valence-corrected chi connectivity index (χ3v) is 6.02. The zero-order valence-electron chi connectivity index (χ0n) is 17.4. The predicted octanol–water partition coefficient (Wildman–Crippen LogP) is 4.54. The fourth-order valence-electron chi connectivity index (χ4n) is 4.28. The molecular formula is C25H28FN3O. The van der Waals surface area contributed by atoms with Gasteiger partial charge in [0.25, 0.3) is 5.91 Å². The highest BCUT2D eigenvalue weighted by Gasteiger charge is 2.27. The van der Waals surface area contributed by atoms with Crippen LogP contribution in [0.1, 0.15) is 35.3 Å². The summed E-state index contributed by atoms with van der Waals surface area (Å²) in [6, 6.07) is 19.0. The van der Waals surface area contributed by atoms with E-state index < -0.39 is 5.82 Å². The number of aryl methyl sites for hydroxylation is 1. The van der Waals surface area contributed by atoms with Crippen LogP contribution in [0, 0.1) is 5.82 Å².